The molecule has 0 saturated carbocycles. The number of piperazine rings is 1. The molecule has 0 unspecified atom stereocenters. The van der Waals surface area contributed by atoms with E-state index in [9.17, 15) is 9.59 Å². The van der Waals surface area contributed by atoms with Gasteiger partial charge in [0.25, 0.3) is 0 Å². The predicted octanol–water partition coefficient (Wildman–Crippen LogP) is 2.26. The van der Waals surface area contributed by atoms with Gasteiger partial charge in [-0.1, -0.05) is 40.2 Å². The Hall–Kier alpha value is -2.87. The van der Waals surface area contributed by atoms with Crippen LogP contribution < -0.4 is 15.1 Å². The zero-order chi connectivity index (χ0) is 19.9. The van der Waals surface area contributed by atoms with Crippen LogP contribution in [0.15, 0.2) is 58.1 Å². The Bertz CT molecular complexity index is 862. The molecule has 1 N–H and O–H groups in total. The zero-order valence-corrected chi connectivity index (χ0v) is 17.1. The van der Waals surface area contributed by atoms with E-state index in [2.05, 4.69) is 31.4 Å². The van der Waals surface area contributed by atoms with E-state index in [1.54, 1.807) is 7.11 Å². The van der Waals surface area contributed by atoms with Crippen LogP contribution in [0.4, 0.5) is 5.69 Å². The third kappa shape index (κ3) is 4.89. The molecule has 2 amide bonds. The second kappa shape index (κ2) is 9.36. The highest BCUT2D eigenvalue weighted by atomic mass is 79.9. The summed E-state index contributed by atoms with van der Waals surface area (Å²) in [5.74, 6) is -0.519. The van der Waals surface area contributed by atoms with Gasteiger partial charge in [-0.25, -0.2) is 5.43 Å². The van der Waals surface area contributed by atoms with Crippen molar-refractivity contribution < 1.29 is 14.3 Å². The lowest BCUT2D eigenvalue weighted by Gasteiger charge is -2.36. The van der Waals surface area contributed by atoms with Crippen molar-refractivity contribution in [1.29, 1.82) is 0 Å². The van der Waals surface area contributed by atoms with E-state index in [4.69, 9.17) is 4.74 Å². The largest absolute Gasteiger partial charge is 0.495 e. The Kier molecular flexibility index (Phi) is 6.65. The highest BCUT2D eigenvalue weighted by molar-refractivity contribution is 9.10. The number of halogens is 1. The van der Waals surface area contributed by atoms with E-state index >= 15 is 0 Å². The molecule has 0 bridgehead atoms. The summed E-state index contributed by atoms with van der Waals surface area (Å²) >= 11 is 3.35. The number of nitrogens with zero attached hydrogens (tertiary/aromatic N) is 3. The highest BCUT2D eigenvalue weighted by Crippen LogP contribution is 2.28. The summed E-state index contributed by atoms with van der Waals surface area (Å²) in [6, 6.07) is 15.2. The van der Waals surface area contributed by atoms with Crippen molar-refractivity contribution in [2.24, 2.45) is 5.10 Å². The van der Waals surface area contributed by atoms with Gasteiger partial charge < -0.3 is 14.5 Å². The molecule has 1 aliphatic heterocycles. The Morgan fingerprint density at radius 2 is 1.75 bits per heavy atom. The first-order valence-electron chi connectivity index (χ1n) is 8.84. The standard InChI is InChI=1S/C20H21BrN4O3/c1-28-18-5-3-2-4-17(18)24-10-12-25(13-11-24)20(27)19(26)23-22-14-15-6-8-16(21)9-7-15/h2-9,14H,10-13H2,1H3,(H,23,26)/b22-14-. The number of hydrogen-bond donors (Lipinski definition) is 1. The fourth-order valence-corrected chi connectivity index (χ4v) is 3.21. The van der Waals surface area contributed by atoms with Gasteiger partial charge in [0, 0.05) is 30.7 Å². The molecule has 0 aromatic heterocycles. The molecule has 146 valence electrons. The van der Waals surface area contributed by atoms with Gasteiger partial charge in [-0.3, -0.25) is 9.59 Å². The first-order valence-corrected chi connectivity index (χ1v) is 9.63. The molecule has 1 fully saturated rings. The van der Waals surface area contributed by atoms with Crippen LogP contribution in [0.2, 0.25) is 0 Å². The third-order valence-electron chi connectivity index (χ3n) is 4.44. The first-order chi connectivity index (χ1) is 13.6. The van der Waals surface area contributed by atoms with E-state index in [1.807, 2.05) is 48.5 Å². The molecule has 8 heteroatoms. The summed E-state index contributed by atoms with van der Waals surface area (Å²) in [4.78, 5) is 28.1. The van der Waals surface area contributed by atoms with Crippen LogP contribution in [-0.2, 0) is 9.59 Å². The van der Waals surface area contributed by atoms with E-state index in [1.165, 1.54) is 11.1 Å². The second-order valence-corrected chi connectivity index (χ2v) is 7.12. The number of amides is 2. The fourth-order valence-electron chi connectivity index (χ4n) is 2.95. The van der Waals surface area contributed by atoms with Crippen molar-refractivity contribution >= 4 is 39.6 Å². The second-order valence-electron chi connectivity index (χ2n) is 6.20. The van der Waals surface area contributed by atoms with Crippen LogP contribution in [0.1, 0.15) is 5.56 Å². The minimum absolute atomic E-state index is 0.459. The van der Waals surface area contributed by atoms with E-state index in [0.717, 1.165) is 21.5 Å². The first kappa shape index (κ1) is 19.9. The molecule has 28 heavy (non-hydrogen) atoms. The summed E-state index contributed by atoms with van der Waals surface area (Å²) in [5, 5.41) is 3.86. The molecule has 0 atom stereocenters. The third-order valence-corrected chi connectivity index (χ3v) is 4.97. The smallest absolute Gasteiger partial charge is 0.329 e. The van der Waals surface area contributed by atoms with E-state index in [0.29, 0.717) is 26.2 Å². The van der Waals surface area contributed by atoms with Gasteiger partial charge in [0.15, 0.2) is 0 Å². The monoisotopic (exact) mass is 444 g/mol. The molecule has 7 nitrogen and oxygen atoms in total. The van der Waals surface area contributed by atoms with Gasteiger partial charge in [-0.2, -0.15) is 5.10 Å². The predicted molar refractivity (Wildman–Crippen MR) is 112 cm³/mol. The molecule has 0 aliphatic carbocycles. The van der Waals surface area contributed by atoms with Crippen LogP contribution in [-0.4, -0.2) is 56.2 Å². The average Bonchev–Trinajstić information content (AvgIpc) is 2.74. The number of para-hydroxylation sites is 2. The summed E-state index contributed by atoms with van der Waals surface area (Å²) < 4.78 is 6.35. The van der Waals surface area contributed by atoms with Crippen LogP contribution in [0.5, 0.6) is 5.75 Å². The number of benzene rings is 2. The van der Waals surface area contributed by atoms with Crippen molar-refractivity contribution in [3.8, 4) is 5.75 Å². The van der Waals surface area contributed by atoms with Crippen LogP contribution in [0, 0.1) is 0 Å². The molecule has 2 aromatic rings. The Labute approximate surface area is 172 Å². The number of rotatable bonds is 4. The number of carbonyl (C=O) groups excluding carboxylic acids is 2. The number of hydrogen-bond acceptors (Lipinski definition) is 5. The fraction of sp³-hybridized carbons (Fsp3) is 0.250. The average molecular weight is 445 g/mol. The topological polar surface area (TPSA) is 74.2 Å². The zero-order valence-electron chi connectivity index (χ0n) is 15.5. The SMILES string of the molecule is COc1ccccc1N1CCN(C(=O)C(=O)N/N=C\c2ccc(Br)cc2)CC1. The van der Waals surface area contributed by atoms with Crippen molar-refractivity contribution in [2.45, 2.75) is 0 Å². The van der Waals surface area contributed by atoms with Gasteiger partial charge >= 0.3 is 11.8 Å². The van der Waals surface area contributed by atoms with Gasteiger partial charge in [-0.15, -0.1) is 0 Å². The molecule has 0 radical (unpaired) electrons. The summed E-state index contributed by atoms with van der Waals surface area (Å²) in [6.07, 6.45) is 1.50. The van der Waals surface area contributed by atoms with Crippen molar-refractivity contribution in [2.75, 3.05) is 38.2 Å². The minimum atomic E-state index is -0.737. The lowest BCUT2D eigenvalue weighted by Crippen LogP contribution is -2.52. The number of carbonyl (C=O) groups is 2. The van der Waals surface area contributed by atoms with E-state index < -0.39 is 11.8 Å². The van der Waals surface area contributed by atoms with Gasteiger partial charge in [0.2, 0.25) is 0 Å². The quantitative estimate of drug-likeness (QED) is 0.445. The number of methoxy groups -OCH3 is 1. The summed E-state index contributed by atoms with van der Waals surface area (Å²) in [7, 11) is 1.64. The maximum absolute atomic E-state index is 12.3. The molecule has 3 rings (SSSR count). The Morgan fingerprint density at radius 1 is 1.07 bits per heavy atom. The van der Waals surface area contributed by atoms with Gasteiger partial charge in [0.05, 0.1) is 19.0 Å². The molecule has 1 heterocycles. The lowest BCUT2D eigenvalue weighted by molar-refractivity contribution is -0.146. The summed E-state index contributed by atoms with van der Waals surface area (Å²) in [6.45, 7) is 2.17. The van der Waals surface area contributed by atoms with Crippen LogP contribution in [0.3, 0.4) is 0 Å². The van der Waals surface area contributed by atoms with E-state index in [-0.39, 0.29) is 0 Å². The summed E-state index contributed by atoms with van der Waals surface area (Å²) in [5.41, 5.74) is 4.11. The Balaban J connectivity index is 1.51. The lowest BCUT2D eigenvalue weighted by atomic mass is 10.2. The van der Waals surface area contributed by atoms with Gasteiger partial charge in [0.1, 0.15) is 5.75 Å². The van der Waals surface area contributed by atoms with Gasteiger partial charge in [-0.05, 0) is 29.8 Å². The molecular weight excluding hydrogens is 424 g/mol. The number of anilines is 1. The normalized spacial score (nSPS) is 14.2. The minimum Gasteiger partial charge on any atom is -0.495 e. The molecule has 0 spiro atoms. The maximum atomic E-state index is 12.3. The number of nitrogens with one attached hydrogen (secondary N) is 1. The molecule has 2 aromatic carbocycles. The van der Waals surface area contributed by atoms with Crippen molar-refractivity contribution in [3.05, 3.63) is 58.6 Å². The number of hydrazone groups is 1. The van der Waals surface area contributed by atoms with Crippen LogP contribution >= 0.6 is 15.9 Å². The molecule has 1 aliphatic rings. The Morgan fingerprint density at radius 3 is 2.43 bits per heavy atom. The van der Waals surface area contributed by atoms with Crippen LogP contribution in [0.25, 0.3) is 0 Å². The highest BCUT2D eigenvalue weighted by Gasteiger charge is 2.26. The molecule has 1 saturated heterocycles. The molecular formula is C20H21BrN4O3. The number of ether oxygens (including phenoxy) is 1. The van der Waals surface area contributed by atoms with Crippen molar-refractivity contribution in [1.82, 2.24) is 10.3 Å². The van der Waals surface area contributed by atoms with Crippen molar-refractivity contribution in [3.63, 3.8) is 0 Å². The maximum Gasteiger partial charge on any atom is 0.329 e.